The molecule has 17 heavy (non-hydrogen) atoms. The third kappa shape index (κ3) is 11.7. The fourth-order valence-corrected chi connectivity index (χ4v) is 2.25. The molecular weight excluding hydrogens is 204 g/mol. The SMILES string of the molecule is C=CC/C(=C/CC)CCCCCCCCCC. The molecule has 0 saturated carbocycles. The zero-order chi connectivity index (χ0) is 12.8. The van der Waals surface area contributed by atoms with Gasteiger partial charge >= 0.3 is 0 Å². The van der Waals surface area contributed by atoms with Crippen molar-refractivity contribution >= 4 is 0 Å². The van der Waals surface area contributed by atoms with Crippen molar-refractivity contribution in [1.29, 1.82) is 0 Å². The summed E-state index contributed by atoms with van der Waals surface area (Å²) >= 11 is 0. The summed E-state index contributed by atoms with van der Waals surface area (Å²) in [6, 6.07) is 0. The van der Waals surface area contributed by atoms with E-state index < -0.39 is 0 Å². The lowest BCUT2D eigenvalue weighted by atomic mass is 10.0. The molecular formula is C17H32. The molecule has 0 fully saturated rings. The zero-order valence-corrected chi connectivity index (χ0v) is 12.1. The van der Waals surface area contributed by atoms with Crippen LogP contribution in [-0.4, -0.2) is 0 Å². The first-order chi connectivity index (χ1) is 8.35. The lowest BCUT2D eigenvalue weighted by Gasteiger charge is -2.05. The van der Waals surface area contributed by atoms with Crippen LogP contribution in [0.3, 0.4) is 0 Å². The molecule has 0 atom stereocenters. The summed E-state index contributed by atoms with van der Waals surface area (Å²) in [5.74, 6) is 0. The Morgan fingerprint density at radius 1 is 0.882 bits per heavy atom. The standard InChI is InChI=1S/C17H32/c1-4-7-8-9-10-11-12-13-16-17(14-5-2)15-6-3/h5,15H,2,4,6-14,16H2,1,3H3/b17-15-. The van der Waals surface area contributed by atoms with Gasteiger partial charge in [0.05, 0.1) is 0 Å². The second-order valence-corrected chi connectivity index (χ2v) is 4.99. The predicted octanol–water partition coefficient (Wildman–Crippen LogP) is 6.43. The minimum atomic E-state index is 1.09. The molecule has 100 valence electrons. The van der Waals surface area contributed by atoms with Crippen LogP contribution in [0.2, 0.25) is 0 Å². The van der Waals surface area contributed by atoms with Gasteiger partial charge in [0.2, 0.25) is 0 Å². The van der Waals surface area contributed by atoms with Crippen molar-refractivity contribution in [1.82, 2.24) is 0 Å². The minimum absolute atomic E-state index is 1.09. The molecule has 0 heteroatoms. The third-order valence-corrected chi connectivity index (χ3v) is 3.25. The van der Waals surface area contributed by atoms with E-state index in [0.29, 0.717) is 0 Å². The van der Waals surface area contributed by atoms with Crippen LogP contribution in [0.4, 0.5) is 0 Å². The monoisotopic (exact) mass is 236 g/mol. The first-order valence-electron chi connectivity index (χ1n) is 7.63. The molecule has 0 radical (unpaired) electrons. The molecule has 0 bridgehead atoms. The van der Waals surface area contributed by atoms with Crippen molar-refractivity contribution in [2.24, 2.45) is 0 Å². The second-order valence-electron chi connectivity index (χ2n) is 4.99. The molecule has 0 N–H and O–H groups in total. The van der Waals surface area contributed by atoms with Crippen LogP contribution in [0, 0.1) is 0 Å². The number of unbranched alkanes of at least 4 members (excludes halogenated alkanes) is 7. The summed E-state index contributed by atoms with van der Waals surface area (Å²) < 4.78 is 0. The van der Waals surface area contributed by atoms with Crippen LogP contribution < -0.4 is 0 Å². The van der Waals surface area contributed by atoms with Gasteiger partial charge in [-0.15, -0.1) is 6.58 Å². The highest BCUT2D eigenvalue weighted by atomic mass is 14.0. The molecule has 0 unspecified atom stereocenters. The molecule has 0 aliphatic rings. The highest BCUT2D eigenvalue weighted by Gasteiger charge is 1.96. The third-order valence-electron chi connectivity index (χ3n) is 3.25. The van der Waals surface area contributed by atoms with Crippen molar-refractivity contribution in [3.05, 3.63) is 24.3 Å². The largest absolute Gasteiger partial charge is 0.103 e. The number of hydrogen-bond acceptors (Lipinski definition) is 0. The van der Waals surface area contributed by atoms with E-state index in [1.165, 1.54) is 64.2 Å². The summed E-state index contributed by atoms with van der Waals surface area (Å²) in [6.07, 6.45) is 19.2. The number of allylic oxidation sites excluding steroid dienone is 3. The van der Waals surface area contributed by atoms with Crippen LogP contribution in [0.25, 0.3) is 0 Å². The minimum Gasteiger partial charge on any atom is -0.103 e. The Labute approximate surface area is 109 Å². The smallest absolute Gasteiger partial charge is 0.0142 e. The lowest BCUT2D eigenvalue weighted by Crippen LogP contribution is -1.85. The summed E-state index contributed by atoms with van der Waals surface area (Å²) in [5.41, 5.74) is 1.59. The van der Waals surface area contributed by atoms with Gasteiger partial charge in [0.25, 0.3) is 0 Å². The zero-order valence-electron chi connectivity index (χ0n) is 12.1. The van der Waals surface area contributed by atoms with Gasteiger partial charge in [-0.3, -0.25) is 0 Å². The van der Waals surface area contributed by atoms with Crippen LogP contribution in [0.15, 0.2) is 24.3 Å². The van der Waals surface area contributed by atoms with Gasteiger partial charge in [0.15, 0.2) is 0 Å². The molecule has 0 nitrogen and oxygen atoms in total. The van der Waals surface area contributed by atoms with Gasteiger partial charge in [-0.05, 0) is 25.7 Å². The highest BCUT2D eigenvalue weighted by molar-refractivity contribution is 5.05. The molecule has 0 aromatic rings. The maximum atomic E-state index is 3.83. The van der Waals surface area contributed by atoms with Gasteiger partial charge in [-0.1, -0.05) is 76.5 Å². The topological polar surface area (TPSA) is 0 Å². The van der Waals surface area contributed by atoms with E-state index in [4.69, 9.17) is 0 Å². The Balaban J connectivity index is 3.36. The molecule has 0 aromatic heterocycles. The Morgan fingerprint density at radius 2 is 1.47 bits per heavy atom. The molecule has 0 aliphatic heterocycles. The van der Waals surface area contributed by atoms with E-state index in [1.807, 2.05) is 6.08 Å². The molecule has 0 amide bonds. The molecule has 0 rings (SSSR count). The number of hydrogen-bond donors (Lipinski definition) is 0. The van der Waals surface area contributed by atoms with E-state index in [-0.39, 0.29) is 0 Å². The first-order valence-corrected chi connectivity index (χ1v) is 7.63. The summed E-state index contributed by atoms with van der Waals surface area (Å²) in [5, 5.41) is 0. The normalized spacial score (nSPS) is 11.8. The Bertz CT molecular complexity index is 188. The van der Waals surface area contributed by atoms with E-state index in [9.17, 15) is 0 Å². The Hall–Kier alpha value is -0.520. The van der Waals surface area contributed by atoms with Crippen molar-refractivity contribution < 1.29 is 0 Å². The van der Waals surface area contributed by atoms with Gasteiger partial charge in [-0.25, -0.2) is 0 Å². The van der Waals surface area contributed by atoms with Crippen molar-refractivity contribution in [3.63, 3.8) is 0 Å². The second kappa shape index (κ2) is 13.5. The first kappa shape index (κ1) is 16.5. The van der Waals surface area contributed by atoms with Crippen LogP contribution in [0.1, 0.15) is 84.5 Å². The molecule has 0 spiro atoms. The fourth-order valence-electron chi connectivity index (χ4n) is 2.25. The summed E-state index contributed by atoms with van der Waals surface area (Å²) in [7, 11) is 0. The summed E-state index contributed by atoms with van der Waals surface area (Å²) in [4.78, 5) is 0. The molecule has 0 aromatic carbocycles. The highest BCUT2D eigenvalue weighted by Crippen LogP contribution is 2.15. The maximum absolute atomic E-state index is 3.83. The quantitative estimate of drug-likeness (QED) is 0.270. The fraction of sp³-hybridized carbons (Fsp3) is 0.765. The van der Waals surface area contributed by atoms with Crippen LogP contribution >= 0.6 is 0 Å². The Kier molecular flexibility index (Phi) is 13.1. The van der Waals surface area contributed by atoms with Crippen molar-refractivity contribution in [2.75, 3.05) is 0 Å². The van der Waals surface area contributed by atoms with Crippen molar-refractivity contribution in [2.45, 2.75) is 84.5 Å². The van der Waals surface area contributed by atoms with Crippen LogP contribution in [0.5, 0.6) is 0 Å². The van der Waals surface area contributed by atoms with Crippen molar-refractivity contribution in [3.8, 4) is 0 Å². The van der Waals surface area contributed by atoms with E-state index in [0.717, 1.165) is 6.42 Å². The molecule has 0 heterocycles. The van der Waals surface area contributed by atoms with Gasteiger partial charge in [0, 0.05) is 0 Å². The van der Waals surface area contributed by atoms with Gasteiger partial charge in [-0.2, -0.15) is 0 Å². The summed E-state index contributed by atoms with van der Waals surface area (Å²) in [6.45, 7) is 8.33. The molecule has 0 aliphatic carbocycles. The lowest BCUT2D eigenvalue weighted by molar-refractivity contribution is 0.574. The average molecular weight is 236 g/mol. The Morgan fingerprint density at radius 3 is 2.00 bits per heavy atom. The van der Waals surface area contributed by atoms with E-state index >= 15 is 0 Å². The maximum Gasteiger partial charge on any atom is -0.0142 e. The van der Waals surface area contributed by atoms with Gasteiger partial charge in [0.1, 0.15) is 0 Å². The predicted molar refractivity (Wildman–Crippen MR) is 80.4 cm³/mol. The van der Waals surface area contributed by atoms with E-state index in [2.05, 4.69) is 26.5 Å². The average Bonchev–Trinajstić information content (AvgIpc) is 2.33. The van der Waals surface area contributed by atoms with Gasteiger partial charge < -0.3 is 0 Å². The van der Waals surface area contributed by atoms with Crippen LogP contribution in [-0.2, 0) is 0 Å². The molecule has 0 saturated heterocycles. The van der Waals surface area contributed by atoms with E-state index in [1.54, 1.807) is 5.57 Å². The number of rotatable bonds is 12.